The lowest BCUT2D eigenvalue weighted by Crippen LogP contribution is -2.41. The van der Waals surface area contributed by atoms with E-state index in [1.807, 2.05) is 29.2 Å². The number of carbonyl (C=O) groups excluding carboxylic acids is 1. The van der Waals surface area contributed by atoms with Gasteiger partial charge < -0.3 is 15.4 Å². The first-order valence-electron chi connectivity index (χ1n) is 6.79. The average molecular weight is 292 g/mol. The number of hydrogen-bond donors (Lipinski definition) is 1. The second-order valence-electron chi connectivity index (χ2n) is 5.05. The molecule has 5 heteroatoms. The van der Waals surface area contributed by atoms with Gasteiger partial charge in [0.1, 0.15) is 4.99 Å². The van der Waals surface area contributed by atoms with E-state index < -0.39 is 0 Å². The van der Waals surface area contributed by atoms with Crippen LogP contribution < -0.4 is 5.73 Å². The summed E-state index contributed by atoms with van der Waals surface area (Å²) >= 11 is 4.91. The molecule has 4 nitrogen and oxygen atoms in total. The molecule has 0 atom stereocenters. The van der Waals surface area contributed by atoms with E-state index in [1.165, 1.54) is 0 Å². The number of piperidine rings is 1. The van der Waals surface area contributed by atoms with Gasteiger partial charge in [0.2, 0.25) is 5.91 Å². The second-order valence-corrected chi connectivity index (χ2v) is 5.49. The Hall–Kier alpha value is -1.46. The van der Waals surface area contributed by atoms with Crippen molar-refractivity contribution in [3.63, 3.8) is 0 Å². The summed E-state index contributed by atoms with van der Waals surface area (Å²) in [6.07, 6.45) is 2.56. The van der Waals surface area contributed by atoms with E-state index in [4.69, 9.17) is 22.7 Å². The van der Waals surface area contributed by atoms with Crippen LogP contribution in [0.4, 0.5) is 0 Å². The van der Waals surface area contributed by atoms with E-state index in [9.17, 15) is 4.79 Å². The number of benzene rings is 1. The molecule has 1 amide bonds. The van der Waals surface area contributed by atoms with Gasteiger partial charge in [0.25, 0.3) is 0 Å². The van der Waals surface area contributed by atoms with Crippen LogP contribution in [-0.2, 0) is 16.0 Å². The highest BCUT2D eigenvalue weighted by atomic mass is 32.1. The van der Waals surface area contributed by atoms with Gasteiger partial charge in [0, 0.05) is 25.8 Å². The molecule has 1 fully saturated rings. The van der Waals surface area contributed by atoms with Crippen LogP contribution in [0.3, 0.4) is 0 Å². The minimum atomic E-state index is 0.169. The zero-order valence-corrected chi connectivity index (χ0v) is 12.5. The van der Waals surface area contributed by atoms with Crippen molar-refractivity contribution in [2.75, 3.05) is 20.2 Å². The highest BCUT2D eigenvalue weighted by molar-refractivity contribution is 7.80. The van der Waals surface area contributed by atoms with Crippen molar-refractivity contribution in [2.45, 2.75) is 25.4 Å². The van der Waals surface area contributed by atoms with Crippen molar-refractivity contribution in [3.05, 3.63) is 35.4 Å². The zero-order chi connectivity index (χ0) is 14.5. The van der Waals surface area contributed by atoms with Crippen LogP contribution in [0.5, 0.6) is 0 Å². The molecule has 0 saturated carbocycles. The Kier molecular flexibility index (Phi) is 5.09. The first-order valence-corrected chi connectivity index (χ1v) is 7.20. The summed E-state index contributed by atoms with van der Waals surface area (Å²) in [5.41, 5.74) is 7.37. The molecule has 1 heterocycles. The molecule has 0 aliphatic carbocycles. The molecule has 2 N–H and O–H groups in total. The number of carbonyl (C=O) groups is 1. The summed E-state index contributed by atoms with van der Waals surface area (Å²) in [6, 6.07) is 7.55. The predicted octanol–water partition coefficient (Wildman–Crippen LogP) is 1.50. The Morgan fingerprint density at radius 2 is 1.95 bits per heavy atom. The average Bonchev–Trinajstić information content (AvgIpc) is 2.48. The fraction of sp³-hybridized carbons (Fsp3) is 0.467. The second kappa shape index (κ2) is 6.81. The molecular weight excluding hydrogens is 272 g/mol. The van der Waals surface area contributed by atoms with Gasteiger partial charge in [-0.3, -0.25) is 4.79 Å². The number of hydrogen-bond acceptors (Lipinski definition) is 3. The van der Waals surface area contributed by atoms with Gasteiger partial charge in [-0.2, -0.15) is 0 Å². The molecular formula is C15H20N2O2S. The smallest absolute Gasteiger partial charge is 0.226 e. The maximum Gasteiger partial charge on any atom is 0.226 e. The van der Waals surface area contributed by atoms with Crippen LogP contribution in [0.15, 0.2) is 24.3 Å². The third kappa shape index (κ3) is 3.77. The number of methoxy groups -OCH3 is 1. The van der Waals surface area contributed by atoms with Crippen LogP contribution in [-0.4, -0.2) is 42.1 Å². The SMILES string of the molecule is COC1CCN(C(=O)Cc2ccc(C(N)=S)cc2)CC1. The number of amides is 1. The van der Waals surface area contributed by atoms with Gasteiger partial charge in [-0.15, -0.1) is 0 Å². The van der Waals surface area contributed by atoms with Gasteiger partial charge in [0.05, 0.1) is 12.5 Å². The van der Waals surface area contributed by atoms with Crippen LogP contribution in [0.2, 0.25) is 0 Å². The van der Waals surface area contributed by atoms with Crippen molar-refractivity contribution in [2.24, 2.45) is 5.73 Å². The Balaban J connectivity index is 1.90. The highest BCUT2D eigenvalue weighted by Gasteiger charge is 2.22. The third-order valence-electron chi connectivity index (χ3n) is 3.72. The van der Waals surface area contributed by atoms with Crippen LogP contribution in [0, 0.1) is 0 Å². The largest absolute Gasteiger partial charge is 0.389 e. The summed E-state index contributed by atoms with van der Waals surface area (Å²) in [5, 5.41) is 0. The summed E-state index contributed by atoms with van der Waals surface area (Å²) in [6.45, 7) is 1.56. The lowest BCUT2D eigenvalue weighted by molar-refractivity contribution is -0.132. The van der Waals surface area contributed by atoms with Crippen molar-refractivity contribution in [1.29, 1.82) is 0 Å². The fourth-order valence-electron chi connectivity index (χ4n) is 2.41. The maximum absolute atomic E-state index is 12.2. The van der Waals surface area contributed by atoms with Crippen molar-refractivity contribution >= 4 is 23.1 Å². The molecule has 108 valence electrons. The van der Waals surface area contributed by atoms with Crippen LogP contribution >= 0.6 is 12.2 Å². The van der Waals surface area contributed by atoms with E-state index >= 15 is 0 Å². The van der Waals surface area contributed by atoms with Crippen molar-refractivity contribution < 1.29 is 9.53 Å². The predicted molar refractivity (Wildman–Crippen MR) is 82.6 cm³/mol. The minimum absolute atomic E-state index is 0.169. The minimum Gasteiger partial charge on any atom is -0.389 e. The monoisotopic (exact) mass is 292 g/mol. The van der Waals surface area contributed by atoms with E-state index in [0.717, 1.165) is 37.1 Å². The van der Waals surface area contributed by atoms with E-state index in [0.29, 0.717) is 17.5 Å². The quantitative estimate of drug-likeness (QED) is 0.855. The van der Waals surface area contributed by atoms with Crippen molar-refractivity contribution in [1.82, 2.24) is 4.90 Å². The topological polar surface area (TPSA) is 55.6 Å². The summed E-state index contributed by atoms with van der Waals surface area (Å²) in [7, 11) is 1.73. The fourth-order valence-corrected chi connectivity index (χ4v) is 2.55. The number of nitrogens with two attached hydrogens (primary N) is 1. The van der Waals surface area contributed by atoms with Gasteiger partial charge in [0.15, 0.2) is 0 Å². The van der Waals surface area contributed by atoms with E-state index in [2.05, 4.69) is 0 Å². The third-order valence-corrected chi connectivity index (χ3v) is 3.96. The summed E-state index contributed by atoms with van der Waals surface area (Å²) in [5.74, 6) is 0.169. The molecule has 20 heavy (non-hydrogen) atoms. The molecule has 1 aliphatic heterocycles. The molecule has 1 aliphatic rings. The maximum atomic E-state index is 12.2. The number of ether oxygens (including phenoxy) is 1. The van der Waals surface area contributed by atoms with Gasteiger partial charge in [-0.25, -0.2) is 0 Å². The molecule has 1 aromatic rings. The molecule has 0 unspecified atom stereocenters. The molecule has 0 aromatic heterocycles. The lowest BCUT2D eigenvalue weighted by atomic mass is 10.1. The van der Waals surface area contributed by atoms with Gasteiger partial charge >= 0.3 is 0 Å². The molecule has 0 bridgehead atoms. The van der Waals surface area contributed by atoms with Crippen LogP contribution in [0.1, 0.15) is 24.0 Å². The molecule has 1 aromatic carbocycles. The number of nitrogens with zero attached hydrogens (tertiary/aromatic N) is 1. The number of likely N-dealkylation sites (tertiary alicyclic amines) is 1. The Morgan fingerprint density at radius 3 is 2.45 bits per heavy atom. The number of rotatable bonds is 4. The molecule has 0 spiro atoms. The van der Waals surface area contributed by atoms with Crippen molar-refractivity contribution in [3.8, 4) is 0 Å². The Morgan fingerprint density at radius 1 is 1.35 bits per heavy atom. The summed E-state index contributed by atoms with van der Waals surface area (Å²) in [4.78, 5) is 14.5. The van der Waals surface area contributed by atoms with E-state index in [-0.39, 0.29) is 5.91 Å². The first kappa shape index (κ1) is 14.9. The zero-order valence-electron chi connectivity index (χ0n) is 11.7. The molecule has 2 rings (SSSR count). The Labute approximate surface area is 124 Å². The highest BCUT2D eigenvalue weighted by Crippen LogP contribution is 2.14. The Bertz CT molecular complexity index is 479. The van der Waals surface area contributed by atoms with Gasteiger partial charge in [-0.1, -0.05) is 36.5 Å². The normalized spacial score (nSPS) is 16.1. The standard InChI is InChI=1S/C15H20N2O2S/c1-19-13-6-8-17(9-7-13)14(18)10-11-2-4-12(5-3-11)15(16)20/h2-5,13H,6-10H2,1H3,(H2,16,20). The van der Waals surface area contributed by atoms with E-state index in [1.54, 1.807) is 7.11 Å². The van der Waals surface area contributed by atoms with Gasteiger partial charge in [-0.05, 0) is 18.4 Å². The molecule has 1 saturated heterocycles. The summed E-state index contributed by atoms with van der Waals surface area (Å²) < 4.78 is 5.31. The first-order chi connectivity index (χ1) is 9.60. The lowest BCUT2D eigenvalue weighted by Gasteiger charge is -2.31. The van der Waals surface area contributed by atoms with Crippen LogP contribution in [0.25, 0.3) is 0 Å². The molecule has 0 radical (unpaired) electrons. The number of thiocarbonyl (C=S) groups is 1.